The Morgan fingerprint density at radius 3 is 2.75 bits per heavy atom. The van der Waals surface area contributed by atoms with Crippen molar-refractivity contribution in [1.82, 2.24) is 4.31 Å². The van der Waals surface area contributed by atoms with Crippen LogP contribution in [0.4, 0.5) is 5.69 Å². The fourth-order valence-corrected chi connectivity index (χ4v) is 3.60. The maximum Gasteiger partial charge on any atom is 0.242 e. The summed E-state index contributed by atoms with van der Waals surface area (Å²) >= 11 is 0. The molecule has 0 radical (unpaired) electrons. The van der Waals surface area contributed by atoms with Gasteiger partial charge in [-0.1, -0.05) is 18.2 Å². The van der Waals surface area contributed by atoms with E-state index in [-0.39, 0.29) is 19.0 Å². The van der Waals surface area contributed by atoms with Crippen molar-refractivity contribution >= 4 is 21.6 Å². The van der Waals surface area contributed by atoms with Gasteiger partial charge in [-0.2, -0.15) is 4.31 Å². The molecule has 1 aromatic heterocycles. The average Bonchev–Trinajstić information content (AvgIpc) is 3.06. The highest BCUT2D eigenvalue weighted by Crippen LogP contribution is 2.27. The molecule has 0 unspecified atom stereocenters. The number of fused-ring (bicyclic) bond motifs is 1. The van der Waals surface area contributed by atoms with Crippen molar-refractivity contribution in [2.75, 3.05) is 24.2 Å². The number of rotatable bonds is 5. The minimum atomic E-state index is -3.53. The van der Waals surface area contributed by atoms with Crippen LogP contribution in [0.5, 0.6) is 0 Å². The van der Waals surface area contributed by atoms with Crippen LogP contribution in [0.2, 0.25) is 0 Å². The Morgan fingerprint density at radius 2 is 2.04 bits per heavy atom. The standard InChI is InChI=1S/C17H20N2O4S/c1-24(21,22)18(12-15-8-5-11-23-15)13-17(20)19-10-4-7-14-6-2-3-9-16(14)19/h2-3,5-6,8-9,11H,4,7,10,12-13H2,1H3. The number of amides is 1. The molecule has 0 spiro atoms. The van der Waals surface area contributed by atoms with Gasteiger partial charge in [0.25, 0.3) is 0 Å². The zero-order chi connectivity index (χ0) is 17.2. The first-order chi connectivity index (χ1) is 11.4. The van der Waals surface area contributed by atoms with Crippen molar-refractivity contribution in [2.45, 2.75) is 19.4 Å². The van der Waals surface area contributed by atoms with Gasteiger partial charge in [-0.15, -0.1) is 0 Å². The monoisotopic (exact) mass is 348 g/mol. The van der Waals surface area contributed by atoms with E-state index in [4.69, 9.17) is 4.42 Å². The van der Waals surface area contributed by atoms with Crippen LogP contribution in [0.3, 0.4) is 0 Å². The second-order valence-electron chi connectivity index (χ2n) is 5.89. The van der Waals surface area contributed by atoms with Gasteiger partial charge in [-0.3, -0.25) is 4.79 Å². The number of carbonyl (C=O) groups excluding carboxylic acids is 1. The third-order valence-electron chi connectivity index (χ3n) is 4.10. The molecule has 0 saturated carbocycles. The van der Waals surface area contributed by atoms with E-state index >= 15 is 0 Å². The maximum atomic E-state index is 12.7. The molecule has 24 heavy (non-hydrogen) atoms. The second-order valence-corrected chi connectivity index (χ2v) is 7.87. The molecule has 0 bridgehead atoms. The molecule has 0 N–H and O–H groups in total. The van der Waals surface area contributed by atoms with Gasteiger partial charge in [0.05, 0.1) is 25.6 Å². The Morgan fingerprint density at radius 1 is 1.25 bits per heavy atom. The van der Waals surface area contributed by atoms with Gasteiger partial charge in [0, 0.05) is 12.2 Å². The van der Waals surface area contributed by atoms with Crippen molar-refractivity contribution in [3.8, 4) is 0 Å². The largest absolute Gasteiger partial charge is 0.468 e. The quantitative estimate of drug-likeness (QED) is 0.829. The molecule has 1 amide bonds. The van der Waals surface area contributed by atoms with Gasteiger partial charge in [0.2, 0.25) is 15.9 Å². The van der Waals surface area contributed by atoms with Crippen LogP contribution in [-0.4, -0.2) is 38.0 Å². The molecule has 1 aliphatic heterocycles. The number of carbonyl (C=O) groups is 1. The van der Waals surface area contributed by atoms with Gasteiger partial charge < -0.3 is 9.32 Å². The molecule has 1 aliphatic rings. The molecule has 7 heteroatoms. The summed E-state index contributed by atoms with van der Waals surface area (Å²) in [5, 5.41) is 0. The van der Waals surface area contributed by atoms with Crippen LogP contribution in [0.25, 0.3) is 0 Å². The summed E-state index contributed by atoms with van der Waals surface area (Å²) in [4.78, 5) is 14.4. The number of furan rings is 1. The summed E-state index contributed by atoms with van der Waals surface area (Å²) < 4.78 is 30.4. The molecule has 0 aliphatic carbocycles. The Bertz CT molecular complexity index is 815. The molecule has 3 rings (SSSR count). The van der Waals surface area contributed by atoms with E-state index in [0.29, 0.717) is 12.3 Å². The first-order valence-electron chi connectivity index (χ1n) is 7.81. The molecular formula is C17H20N2O4S. The SMILES string of the molecule is CS(=O)(=O)N(CC(=O)N1CCCc2ccccc21)Cc1ccco1. The highest BCUT2D eigenvalue weighted by molar-refractivity contribution is 7.88. The van der Waals surface area contributed by atoms with Gasteiger partial charge in [0.1, 0.15) is 5.76 Å². The number of nitrogens with zero attached hydrogens (tertiary/aromatic N) is 2. The molecule has 0 saturated heterocycles. The lowest BCUT2D eigenvalue weighted by Gasteiger charge is -2.31. The van der Waals surface area contributed by atoms with Crippen molar-refractivity contribution in [3.63, 3.8) is 0 Å². The molecule has 2 heterocycles. The smallest absolute Gasteiger partial charge is 0.242 e. The van der Waals surface area contributed by atoms with Crippen molar-refractivity contribution in [1.29, 1.82) is 0 Å². The maximum absolute atomic E-state index is 12.7. The van der Waals surface area contributed by atoms with Crippen molar-refractivity contribution in [2.24, 2.45) is 0 Å². The number of hydrogen-bond donors (Lipinski definition) is 0. The number of aryl methyl sites for hydroxylation is 1. The van der Waals surface area contributed by atoms with Crippen LogP contribution in [0, 0.1) is 0 Å². The number of benzene rings is 1. The zero-order valence-corrected chi connectivity index (χ0v) is 14.3. The minimum Gasteiger partial charge on any atom is -0.468 e. The normalized spacial score (nSPS) is 14.7. The fourth-order valence-electron chi connectivity index (χ4n) is 2.90. The van der Waals surface area contributed by atoms with Crippen LogP contribution < -0.4 is 4.90 Å². The van der Waals surface area contributed by atoms with E-state index in [1.807, 2.05) is 24.3 Å². The van der Waals surface area contributed by atoms with E-state index in [0.717, 1.165) is 34.7 Å². The topological polar surface area (TPSA) is 70.8 Å². The fraction of sp³-hybridized carbons (Fsp3) is 0.353. The molecular weight excluding hydrogens is 328 g/mol. The molecule has 2 aromatic rings. The lowest BCUT2D eigenvalue weighted by atomic mass is 10.0. The predicted molar refractivity (Wildman–Crippen MR) is 91.1 cm³/mol. The van der Waals surface area contributed by atoms with Gasteiger partial charge in [-0.05, 0) is 36.6 Å². The Balaban J connectivity index is 1.79. The van der Waals surface area contributed by atoms with E-state index in [1.165, 1.54) is 6.26 Å². The van der Waals surface area contributed by atoms with Crippen molar-refractivity contribution in [3.05, 3.63) is 54.0 Å². The van der Waals surface area contributed by atoms with Gasteiger partial charge in [0.15, 0.2) is 0 Å². The molecule has 0 fully saturated rings. The summed E-state index contributed by atoms with van der Waals surface area (Å²) in [7, 11) is -3.53. The van der Waals surface area contributed by atoms with Crippen LogP contribution in [0.1, 0.15) is 17.7 Å². The summed E-state index contributed by atoms with van der Waals surface area (Å²) in [6.07, 6.45) is 4.40. The highest BCUT2D eigenvalue weighted by Gasteiger charge is 2.27. The lowest BCUT2D eigenvalue weighted by molar-refractivity contribution is -0.119. The van der Waals surface area contributed by atoms with E-state index in [9.17, 15) is 13.2 Å². The number of anilines is 1. The zero-order valence-electron chi connectivity index (χ0n) is 13.5. The third kappa shape index (κ3) is 3.68. The average molecular weight is 348 g/mol. The Hall–Kier alpha value is -2.12. The van der Waals surface area contributed by atoms with Crippen LogP contribution in [0.15, 0.2) is 47.1 Å². The van der Waals surface area contributed by atoms with E-state index in [1.54, 1.807) is 17.0 Å². The number of sulfonamides is 1. The first-order valence-corrected chi connectivity index (χ1v) is 9.66. The summed E-state index contributed by atoms with van der Waals surface area (Å²) in [6, 6.07) is 11.1. The first kappa shape index (κ1) is 16.7. The van der Waals surface area contributed by atoms with Crippen LogP contribution in [-0.2, 0) is 27.8 Å². The van der Waals surface area contributed by atoms with Gasteiger partial charge >= 0.3 is 0 Å². The van der Waals surface area contributed by atoms with Crippen LogP contribution >= 0.6 is 0 Å². The number of para-hydroxylation sites is 1. The molecule has 1 aromatic carbocycles. The van der Waals surface area contributed by atoms with Gasteiger partial charge in [-0.25, -0.2) is 8.42 Å². The summed E-state index contributed by atoms with van der Waals surface area (Å²) in [6.45, 7) is 0.454. The summed E-state index contributed by atoms with van der Waals surface area (Å²) in [5.74, 6) is 0.284. The van der Waals surface area contributed by atoms with E-state index in [2.05, 4.69) is 0 Å². The second kappa shape index (κ2) is 6.78. The number of hydrogen-bond acceptors (Lipinski definition) is 4. The lowest BCUT2D eigenvalue weighted by Crippen LogP contribution is -2.44. The van der Waals surface area contributed by atoms with Crippen molar-refractivity contribution < 1.29 is 17.6 Å². The Labute approximate surface area is 141 Å². The third-order valence-corrected chi connectivity index (χ3v) is 5.30. The van der Waals surface area contributed by atoms with E-state index < -0.39 is 10.0 Å². The molecule has 6 nitrogen and oxygen atoms in total. The minimum absolute atomic E-state index is 0.0487. The summed E-state index contributed by atoms with van der Waals surface area (Å²) in [5.41, 5.74) is 1.99. The predicted octanol–water partition coefficient (Wildman–Crippen LogP) is 2.02. The highest BCUT2D eigenvalue weighted by atomic mass is 32.2. The molecule has 128 valence electrons. The molecule has 0 atom stereocenters. The Kier molecular flexibility index (Phi) is 4.73.